The molecule has 0 radical (unpaired) electrons. The third-order valence-electron chi connectivity index (χ3n) is 5.99. The summed E-state index contributed by atoms with van der Waals surface area (Å²) in [5, 5.41) is 9.56. The molecule has 0 amide bonds. The van der Waals surface area contributed by atoms with Crippen LogP contribution in [0.1, 0.15) is 36.3 Å². The molecule has 32 heavy (non-hydrogen) atoms. The molecule has 0 atom stereocenters. The topological polar surface area (TPSA) is 34.0 Å². The lowest BCUT2D eigenvalue weighted by Gasteiger charge is -2.32. The molecular weight excluding hydrogens is 433 g/mol. The van der Waals surface area contributed by atoms with Crippen LogP contribution in [-0.4, -0.2) is 45.1 Å². The summed E-state index contributed by atoms with van der Waals surface area (Å²) in [6, 6.07) is 15.9. The fourth-order valence-corrected chi connectivity index (χ4v) is 5.02. The van der Waals surface area contributed by atoms with Gasteiger partial charge in [-0.25, -0.2) is 0 Å². The van der Waals surface area contributed by atoms with Gasteiger partial charge in [0.15, 0.2) is 11.0 Å². The van der Waals surface area contributed by atoms with E-state index in [0.717, 1.165) is 72.8 Å². The highest BCUT2D eigenvalue weighted by molar-refractivity contribution is 7.99. The van der Waals surface area contributed by atoms with Crippen LogP contribution < -0.4 is 0 Å². The molecule has 3 aromatic rings. The molecule has 0 spiro atoms. The van der Waals surface area contributed by atoms with Crippen LogP contribution in [0.4, 0.5) is 13.2 Å². The highest BCUT2D eigenvalue weighted by atomic mass is 32.2. The lowest BCUT2D eigenvalue weighted by atomic mass is 9.88. The van der Waals surface area contributed by atoms with E-state index in [4.69, 9.17) is 0 Å². The Morgan fingerprint density at radius 1 is 1.00 bits per heavy atom. The molecule has 170 valence electrons. The van der Waals surface area contributed by atoms with Crippen molar-refractivity contribution in [2.24, 2.45) is 7.05 Å². The molecule has 4 nitrogen and oxygen atoms in total. The Kier molecular flexibility index (Phi) is 7.20. The number of piperidine rings is 1. The van der Waals surface area contributed by atoms with Gasteiger partial charge in [0.25, 0.3) is 0 Å². The highest BCUT2D eigenvalue weighted by Crippen LogP contribution is 2.34. The smallest absolute Gasteiger partial charge is 0.305 e. The van der Waals surface area contributed by atoms with Crippen molar-refractivity contribution in [2.45, 2.75) is 36.5 Å². The van der Waals surface area contributed by atoms with Crippen molar-refractivity contribution in [3.05, 3.63) is 65.7 Å². The Balaban J connectivity index is 1.22. The van der Waals surface area contributed by atoms with Gasteiger partial charge in [-0.15, -0.1) is 10.2 Å². The molecule has 1 aliphatic heterocycles. The molecule has 1 fully saturated rings. The number of benzene rings is 2. The SMILES string of the molecule is Cn1c(SCCCN2CCC(c3cccc(C(F)(F)F)c3)CC2)nnc1-c1ccccc1. The minimum atomic E-state index is -4.28. The lowest BCUT2D eigenvalue weighted by Crippen LogP contribution is -2.34. The summed E-state index contributed by atoms with van der Waals surface area (Å²) in [5.41, 5.74) is 1.32. The van der Waals surface area contributed by atoms with Crippen molar-refractivity contribution >= 4 is 11.8 Å². The molecule has 0 N–H and O–H groups in total. The summed E-state index contributed by atoms with van der Waals surface area (Å²) in [6.45, 7) is 2.84. The Morgan fingerprint density at radius 2 is 1.75 bits per heavy atom. The van der Waals surface area contributed by atoms with Gasteiger partial charge in [-0.1, -0.05) is 60.3 Å². The summed E-state index contributed by atoms with van der Waals surface area (Å²) < 4.78 is 41.0. The van der Waals surface area contributed by atoms with Crippen LogP contribution in [0.15, 0.2) is 59.8 Å². The Morgan fingerprint density at radius 3 is 2.47 bits per heavy atom. The maximum absolute atomic E-state index is 13.0. The van der Waals surface area contributed by atoms with E-state index in [0.29, 0.717) is 0 Å². The maximum Gasteiger partial charge on any atom is 0.416 e. The second kappa shape index (κ2) is 10.1. The molecule has 1 aliphatic rings. The molecule has 4 rings (SSSR count). The number of aromatic nitrogens is 3. The maximum atomic E-state index is 13.0. The number of alkyl halides is 3. The quantitative estimate of drug-likeness (QED) is 0.327. The van der Waals surface area contributed by atoms with E-state index < -0.39 is 11.7 Å². The van der Waals surface area contributed by atoms with Crippen LogP contribution in [0.3, 0.4) is 0 Å². The van der Waals surface area contributed by atoms with E-state index >= 15 is 0 Å². The zero-order valence-corrected chi connectivity index (χ0v) is 18.9. The van der Waals surface area contributed by atoms with Gasteiger partial charge in [-0.2, -0.15) is 13.2 Å². The number of thioether (sulfide) groups is 1. The first-order chi connectivity index (χ1) is 15.4. The number of halogens is 3. The van der Waals surface area contributed by atoms with Gasteiger partial charge in [-0.3, -0.25) is 0 Å². The second-order valence-electron chi connectivity index (χ2n) is 8.17. The molecule has 0 saturated carbocycles. The van der Waals surface area contributed by atoms with Crippen molar-refractivity contribution in [1.82, 2.24) is 19.7 Å². The molecule has 2 aromatic carbocycles. The molecule has 1 aromatic heterocycles. The van der Waals surface area contributed by atoms with E-state index in [1.165, 1.54) is 12.1 Å². The van der Waals surface area contributed by atoms with E-state index in [1.807, 2.05) is 48.0 Å². The molecule has 8 heteroatoms. The summed E-state index contributed by atoms with van der Waals surface area (Å²) in [4.78, 5) is 2.41. The molecule has 0 aliphatic carbocycles. The fraction of sp³-hybridized carbons (Fsp3) is 0.417. The first-order valence-electron chi connectivity index (χ1n) is 10.9. The van der Waals surface area contributed by atoms with E-state index in [1.54, 1.807) is 11.8 Å². The van der Waals surface area contributed by atoms with Crippen LogP contribution in [0, 0.1) is 0 Å². The lowest BCUT2D eigenvalue weighted by molar-refractivity contribution is -0.137. The molecular formula is C24H27F3N4S. The monoisotopic (exact) mass is 460 g/mol. The van der Waals surface area contributed by atoms with Gasteiger partial charge in [0.2, 0.25) is 0 Å². The number of rotatable bonds is 7. The summed E-state index contributed by atoms with van der Waals surface area (Å²) in [7, 11) is 1.99. The average Bonchev–Trinajstić information content (AvgIpc) is 3.17. The van der Waals surface area contributed by atoms with Gasteiger partial charge in [0, 0.05) is 18.4 Å². The summed E-state index contributed by atoms with van der Waals surface area (Å²) in [5.74, 6) is 2.02. The summed E-state index contributed by atoms with van der Waals surface area (Å²) in [6.07, 6.45) is -1.44. The average molecular weight is 461 g/mol. The zero-order chi connectivity index (χ0) is 22.6. The van der Waals surface area contributed by atoms with Crippen molar-refractivity contribution in [3.63, 3.8) is 0 Å². The fourth-order valence-electron chi connectivity index (χ4n) is 4.19. The van der Waals surface area contributed by atoms with E-state index in [-0.39, 0.29) is 5.92 Å². The van der Waals surface area contributed by atoms with Crippen LogP contribution in [-0.2, 0) is 13.2 Å². The predicted octanol–water partition coefficient (Wildman–Crippen LogP) is 5.86. The number of nitrogens with zero attached hydrogens (tertiary/aromatic N) is 4. The van der Waals surface area contributed by atoms with Crippen molar-refractivity contribution in [3.8, 4) is 11.4 Å². The third kappa shape index (κ3) is 5.53. The third-order valence-corrected chi connectivity index (χ3v) is 7.10. The van der Waals surface area contributed by atoms with Crippen LogP contribution in [0.5, 0.6) is 0 Å². The van der Waals surface area contributed by atoms with Gasteiger partial charge in [0.05, 0.1) is 5.56 Å². The largest absolute Gasteiger partial charge is 0.416 e. The number of hydrogen-bond acceptors (Lipinski definition) is 4. The molecule has 2 heterocycles. The minimum absolute atomic E-state index is 0.206. The van der Waals surface area contributed by atoms with Gasteiger partial charge < -0.3 is 9.47 Å². The van der Waals surface area contributed by atoms with Crippen molar-refractivity contribution in [2.75, 3.05) is 25.4 Å². The normalized spacial score (nSPS) is 15.9. The van der Waals surface area contributed by atoms with Gasteiger partial charge >= 0.3 is 6.18 Å². The molecule has 1 saturated heterocycles. The standard InChI is InChI=1S/C24H27F3N4S/c1-30-22(19-7-3-2-4-8-19)28-29-23(30)32-16-6-13-31-14-11-18(12-15-31)20-9-5-10-21(17-20)24(25,26)27/h2-5,7-10,17-18H,6,11-16H2,1H3. The Labute approximate surface area is 190 Å². The summed E-state index contributed by atoms with van der Waals surface area (Å²) >= 11 is 1.71. The van der Waals surface area contributed by atoms with Crippen LogP contribution in [0.2, 0.25) is 0 Å². The first kappa shape index (κ1) is 22.9. The molecule has 0 unspecified atom stereocenters. The predicted molar refractivity (Wildman–Crippen MR) is 122 cm³/mol. The van der Waals surface area contributed by atoms with Gasteiger partial charge in [-0.05, 0) is 56.4 Å². The van der Waals surface area contributed by atoms with E-state index in [9.17, 15) is 13.2 Å². The highest BCUT2D eigenvalue weighted by Gasteiger charge is 2.31. The first-order valence-corrected chi connectivity index (χ1v) is 11.9. The zero-order valence-electron chi connectivity index (χ0n) is 18.1. The van der Waals surface area contributed by atoms with Crippen LogP contribution in [0.25, 0.3) is 11.4 Å². The number of likely N-dealkylation sites (tertiary alicyclic amines) is 1. The van der Waals surface area contributed by atoms with Crippen molar-refractivity contribution < 1.29 is 13.2 Å². The van der Waals surface area contributed by atoms with Crippen LogP contribution >= 0.6 is 11.8 Å². The molecule has 0 bridgehead atoms. The number of hydrogen-bond donors (Lipinski definition) is 0. The Bertz CT molecular complexity index is 1010. The van der Waals surface area contributed by atoms with E-state index in [2.05, 4.69) is 15.1 Å². The minimum Gasteiger partial charge on any atom is -0.305 e. The second-order valence-corrected chi connectivity index (χ2v) is 9.23. The Hall–Kier alpha value is -2.32. The van der Waals surface area contributed by atoms with Crippen molar-refractivity contribution in [1.29, 1.82) is 0 Å². The van der Waals surface area contributed by atoms with Gasteiger partial charge in [0.1, 0.15) is 0 Å².